The van der Waals surface area contributed by atoms with Gasteiger partial charge < -0.3 is 14.6 Å². The molecule has 0 aliphatic carbocycles. The maximum Gasteiger partial charge on any atom is 0.323 e. The zero-order chi connectivity index (χ0) is 16.6. The lowest BCUT2D eigenvalue weighted by molar-refractivity contribution is -0.168. The maximum absolute atomic E-state index is 12.3. The van der Waals surface area contributed by atoms with Crippen LogP contribution in [0, 0.1) is 12.3 Å². The number of aliphatic hydroxyl groups is 1. The van der Waals surface area contributed by atoms with Gasteiger partial charge in [0.25, 0.3) is 0 Å². The fraction of sp³-hybridized carbons (Fsp3) is 0.412. The van der Waals surface area contributed by atoms with Gasteiger partial charge in [-0.2, -0.15) is 0 Å². The Hall–Kier alpha value is -2.14. The van der Waals surface area contributed by atoms with Crippen molar-refractivity contribution in [1.29, 1.82) is 0 Å². The van der Waals surface area contributed by atoms with Crippen LogP contribution in [0.4, 0.5) is 0 Å². The lowest BCUT2D eigenvalue weighted by atomic mass is 9.78. The molecule has 0 heterocycles. The molecule has 0 saturated carbocycles. The third-order valence-corrected chi connectivity index (χ3v) is 3.52. The van der Waals surface area contributed by atoms with Crippen molar-refractivity contribution in [3.05, 3.63) is 47.5 Å². The average molecular weight is 306 g/mol. The normalized spacial score (nSPS) is 11.5. The number of methoxy groups -OCH3 is 2. The van der Waals surface area contributed by atoms with Crippen molar-refractivity contribution in [3.63, 3.8) is 0 Å². The second kappa shape index (κ2) is 8.34. The molecule has 0 amide bonds. The number of hydrogen-bond acceptors (Lipinski definition) is 5. The molecule has 120 valence electrons. The van der Waals surface area contributed by atoms with E-state index in [-0.39, 0.29) is 19.4 Å². The molecule has 0 aromatic heterocycles. The molecule has 1 rings (SSSR count). The van der Waals surface area contributed by atoms with Gasteiger partial charge in [-0.25, -0.2) is 0 Å². The number of esters is 2. The number of ether oxygens (including phenoxy) is 2. The summed E-state index contributed by atoms with van der Waals surface area (Å²) in [5.41, 5.74) is 0.467. The van der Waals surface area contributed by atoms with E-state index in [2.05, 4.69) is 0 Å². The van der Waals surface area contributed by atoms with Crippen LogP contribution in [0.3, 0.4) is 0 Å². The average Bonchev–Trinajstić information content (AvgIpc) is 2.54. The van der Waals surface area contributed by atoms with Crippen LogP contribution in [-0.4, -0.2) is 37.9 Å². The van der Waals surface area contributed by atoms with Gasteiger partial charge in [0.15, 0.2) is 5.41 Å². The zero-order valence-electron chi connectivity index (χ0n) is 13.2. The number of aliphatic hydroxyl groups excluding tert-OH is 1. The highest BCUT2D eigenvalue weighted by molar-refractivity contribution is 6.00. The number of carbonyl (C=O) groups is 2. The van der Waals surface area contributed by atoms with Crippen LogP contribution in [-0.2, 0) is 25.5 Å². The van der Waals surface area contributed by atoms with E-state index in [1.165, 1.54) is 20.3 Å². The Labute approximate surface area is 130 Å². The topological polar surface area (TPSA) is 72.8 Å². The van der Waals surface area contributed by atoms with E-state index in [0.717, 1.165) is 11.1 Å². The lowest BCUT2D eigenvalue weighted by Crippen LogP contribution is -2.43. The van der Waals surface area contributed by atoms with Gasteiger partial charge in [-0.1, -0.05) is 42.0 Å². The van der Waals surface area contributed by atoms with E-state index < -0.39 is 17.4 Å². The Bertz CT molecular complexity index is 514. The van der Waals surface area contributed by atoms with Gasteiger partial charge in [0, 0.05) is 0 Å². The summed E-state index contributed by atoms with van der Waals surface area (Å²) in [6.07, 6.45) is 3.33. The minimum absolute atomic E-state index is 0.0980. The number of benzene rings is 1. The third-order valence-electron chi connectivity index (χ3n) is 3.52. The van der Waals surface area contributed by atoms with Gasteiger partial charge in [-0.15, -0.1) is 0 Å². The van der Waals surface area contributed by atoms with Gasteiger partial charge in [-0.3, -0.25) is 9.59 Å². The first kappa shape index (κ1) is 17.9. The number of allylic oxidation sites excluding steroid dienone is 1. The summed E-state index contributed by atoms with van der Waals surface area (Å²) in [5, 5.41) is 8.86. The first-order chi connectivity index (χ1) is 10.5. The van der Waals surface area contributed by atoms with E-state index >= 15 is 0 Å². The van der Waals surface area contributed by atoms with Gasteiger partial charge in [0.1, 0.15) is 0 Å². The molecule has 0 saturated heterocycles. The van der Waals surface area contributed by atoms with Crippen LogP contribution in [0.15, 0.2) is 36.4 Å². The summed E-state index contributed by atoms with van der Waals surface area (Å²) >= 11 is 0. The summed E-state index contributed by atoms with van der Waals surface area (Å²) in [6.45, 7) is 1.80. The molecule has 0 aliphatic rings. The third kappa shape index (κ3) is 4.18. The highest BCUT2D eigenvalue weighted by atomic mass is 16.5. The van der Waals surface area contributed by atoms with Crippen LogP contribution in [0.1, 0.15) is 17.5 Å². The quantitative estimate of drug-likeness (QED) is 0.472. The maximum atomic E-state index is 12.3. The number of hydrogen-bond donors (Lipinski definition) is 1. The fourth-order valence-electron chi connectivity index (χ4n) is 2.27. The van der Waals surface area contributed by atoms with E-state index in [1.54, 1.807) is 6.08 Å². The van der Waals surface area contributed by atoms with E-state index in [0.29, 0.717) is 0 Å². The number of carbonyl (C=O) groups excluding carboxylic acids is 2. The molecule has 22 heavy (non-hydrogen) atoms. The molecular formula is C17H22O5. The fourth-order valence-corrected chi connectivity index (χ4v) is 2.27. The van der Waals surface area contributed by atoms with Gasteiger partial charge in [0.2, 0.25) is 0 Å². The highest BCUT2D eigenvalue weighted by Crippen LogP contribution is 2.31. The van der Waals surface area contributed by atoms with Crippen molar-refractivity contribution in [2.24, 2.45) is 5.41 Å². The minimum Gasteiger partial charge on any atom is -0.468 e. The van der Waals surface area contributed by atoms with Crippen molar-refractivity contribution in [3.8, 4) is 0 Å². The largest absolute Gasteiger partial charge is 0.468 e. The predicted molar refractivity (Wildman–Crippen MR) is 82.2 cm³/mol. The van der Waals surface area contributed by atoms with Gasteiger partial charge in [-0.05, 0) is 25.3 Å². The molecule has 0 bridgehead atoms. The standard InChI is InChI=1S/C17H22O5/c1-13-6-8-14(9-7-13)12-17(15(19)21-2,16(20)22-3)10-4-5-11-18/h4-9,18H,10-12H2,1-3H3/b5-4-. The van der Waals surface area contributed by atoms with Gasteiger partial charge >= 0.3 is 11.9 Å². The number of aryl methyl sites for hydroxylation is 1. The van der Waals surface area contributed by atoms with E-state index in [9.17, 15) is 9.59 Å². The highest BCUT2D eigenvalue weighted by Gasteiger charge is 2.47. The van der Waals surface area contributed by atoms with Crippen LogP contribution in [0.25, 0.3) is 0 Å². The van der Waals surface area contributed by atoms with Crippen molar-refractivity contribution in [1.82, 2.24) is 0 Å². The molecule has 5 heteroatoms. The van der Waals surface area contributed by atoms with Crippen molar-refractivity contribution in [2.75, 3.05) is 20.8 Å². The van der Waals surface area contributed by atoms with Crippen LogP contribution in [0.2, 0.25) is 0 Å². The Kier molecular flexibility index (Phi) is 6.79. The molecular weight excluding hydrogens is 284 g/mol. The molecule has 1 aromatic carbocycles. The summed E-state index contributed by atoms with van der Waals surface area (Å²) < 4.78 is 9.66. The van der Waals surface area contributed by atoms with Crippen molar-refractivity contribution >= 4 is 11.9 Å². The Morgan fingerprint density at radius 3 is 2.09 bits per heavy atom. The smallest absolute Gasteiger partial charge is 0.323 e. The second-order valence-electron chi connectivity index (χ2n) is 5.09. The first-order valence-electron chi connectivity index (χ1n) is 6.98. The van der Waals surface area contributed by atoms with Crippen molar-refractivity contribution < 1.29 is 24.2 Å². The Morgan fingerprint density at radius 2 is 1.64 bits per heavy atom. The molecule has 0 spiro atoms. The minimum atomic E-state index is -1.45. The Morgan fingerprint density at radius 1 is 1.09 bits per heavy atom. The predicted octanol–water partition coefficient (Wildman–Crippen LogP) is 1.81. The molecule has 0 aliphatic heterocycles. The lowest BCUT2D eigenvalue weighted by Gasteiger charge is -2.27. The summed E-state index contributed by atoms with van der Waals surface area (Å²) in [5.74, 6) is -1.30. The van der Waals surface area contributed by atoms with E-state index in [4.69, 9.17) is 14.6 Å². The second-order valence-corrected chi connectivity index (χ2v) is 5.09. The molecule has 1 N–H and O–H groups in total. The molecule has 1 aromatic rings. The van der Waals surface area contributed by atoms with Crippen LogP contribution >= 0.6 is 0 Å². The molecule has 0 fully saturated rings. The van der Waals surface area contributed by atoms with Gasteiger partial charge in [0.05, 0.1) is 20.8 Å². The van der Waals surface area contributed by atoms with Crippen molar-refractivity contribution in [2.45, 2.75) is 19.8 Å². The Balaban J connectivity index is 3.21. The zero-order valence-corrected chi connectivity index (χ0v) is 13.2. The van der Waals surface area contributed by atoms with Crippen LogP contribution in [0.5, 0.6) is 0 Å². The summed E-state index contributed by atoms with van der Waals surface area (Å²) in [6, 6.07) is 7.56. The first-order valence-corrected chi connectivity index (χ1v) is 6.98. The summed E-state index contributed by atoms with van der Waals surface area (Å²) in [7, 11) is 2.48. The summed E-state index contributed by atoms with van der Waals surface area (Å²) in [4.78, 5) is 24.6. The number of rotatable bonds is 7. The van der Waals surface area contributed by atoms with Crippen LogP contribution < -0.4 is 0 Å². The van der Waals surface area contributed by atoms with E-state index in [1.807, 2.05) is 31.2 Å². The molecule has 0 atom stereocenters. The monoisotopic (exact) mass is 306 g/mol. The SMILES string of the molecule is COC(=O)C(C/C=C\CO)(Cc1ccc(C)cc1)C(=O)OC. The molecule has 0 unspecified atom stereocenters. The molecule has 0 radical (unpaired) electrons. The molecule has 5 nitrogen and oxygen atoms in total.